The molecule has 2 rings (SSSR count). The number of nitrogens with zero attached hydrogens (tertiary/aromatic N) is 1. The Hall–Kier alpha value is -1.56. The molecule has 98 valence electrons. The van der Waals surface area contributed by atoms with Gasteiger partial charge in [0.2, 0.25) is 0 Å². The predicted molar refractivity (Wildman–Crippen MR) is 86.1 cm³/mol. The Morgan fingerprint density at radius 1 is 1.11 bits per heavy atom. The molecule has 0 spiro atoms. The number of rotatable bonds is 3. The second-order valence-corrected chi connectivity index (χ2v) is 5.41. The molecule has 0 atom stereocenters. The molecule has 0 aliphatic carbocycles. The lowest BCUT2D eigenvalue weighted by Crippen LogP contribution is -2.31. The fraction of sp³-hybridized carbons (Fsp3) is 0.133. The largest absolute Gasteiger partial charge is 0.323 e. The molecule has 0 fully saturated rings. The van der Waals surface area contributed by atoms with E-state index < -0.39 is 0 Å². The standard InChI is InChI=1S/C15H15IN2O/c1-18(11-12-7-3-2-4-8-12)15(19)17-14-10-6-5-9-13(14)16/h2-10H,11H2,1H3,(H,17,19). The highest BCUT2D eigenvalue weighted by atomic mass is 127. The fourth-order valence-electron chi connectivity index (χ4n) is 1.70. The lowest BCUT2D eigenvalue weighted by molar-refractivity contribution is 0.220. The smallest absolute Gasteiger partial charge is 0.321 e. The first-order chi connectivity index (χ1) is 9.16. The number of amides is 2. The number of anilines is 1. The van der Waals surface area contributed by atoms with Crippen LogP contribution in [0, 0.1) is 3.57 Å². The van der Waals surface area contributed by atoms with Gasteiger partial charge in [-0.15, -0.1) is 0 Å². The van der Waals surface area contributed by atoms with Gasteiger partial charge in [-0.2, -0.15) is 0 Å². The van der Waals surface area contributed by atoms with E-state index in [1.165, 1.54) is 0 Å². The first kappa shape index (κ1) is 13.9. The minimum Gasteiger partial charge on any atom is -0.323 e. The van der Waals surface area contributed by atoms with Gasteiger partial charge in [-0.3, -0.25) is 0 Å². The summed E-state index contributed by atoms with van der Waals surface area (Å²) in [5.74, 6) is 0. The lowest BCUT2D eigenvalue weighted by atomic mass is 10.2. The first-order valence-electron chi connectivity index (χ1n) is 5.97. The summed E-state index contributed by atoms with van der Waals surface area (Å²) in [5.41, 5.74) is 1.95. The van der Waals surface area contributed by atoms with Crippen LogP contribution in [-0.4, -0.2) is 18.0 Å². The molecule has 19 heavy (non-hydrogen) atoms. The van der Waals surface area contributed by atoms with Crippen LogP contribution < -0.4 is 5.32 Å². The highest BCUT2D eigenvalue weighted by Gasteiger charge is 2.10. The van der Waals surface area contributed by atoms with Crippen LogP contribution in [0.2, 0.25) is 0 Å². The summed E-state index contributed by atoms with van der Waals surface area (Å²) in [7, 11) is 1.79. The van der Waals surface area contributed by atoms with E-state index >= 15 is 0 Å². The van der Waals surface area contributed by atoms with Crippen molar-refractivity contribution in [3.63, 3.8) is 0 Å². The molecule has 0 saturated heterocycles. The summed E-state index contributed by atoms with van der Waals surface area (Å²) in [4.78, 5) is 13.7. The highest BCUT2D eigenvalue weighted by Crippen LogP contribution is 2.17. The Morgan fingerprint density at radius 2 is 1.74 bits per heavy atom. The van der Waals surface area contributed by atoms with Crippen LogP contribution in [0.1, 0.15) is 5.56 Å². The van der Waals surface area contributed by atoms with E-state index in [0.29, 0.717) is 6.54 Å². The van der Waals surface area contributed by atoms with Gasteiger partial charge in [0.05, 0.1) is 5.69 Å². The average Bonchev–Trinajstić information content (AvgIpc) is 2.42. The van der Waals surface area contributed by atoms with Crippen molar-refractivity contribution in [2.75, 3.05) is 12.4 Å². The van der Waals surface area contributed by atoms with E-state index in [9.17, 15) is 4.79 Å². The number of urea groups is 1. The topological polar surface area (TPSA) is 32.3 Å². The van der Waals surface area contributed by atoms with Gasteiger partial charge in [-0.25, -0.2) is 4.79 Å². The van der Waals surface area contributed by atoms with Crippen molar-refractivity contribution < 1.29 is 4.79 Å². The molecular weight excluding hydrogens is 351 g/mol. The third-order valence-corrected chi connectivity index (χ3v) is 3.67. The van der Waals surface area contributed by atoms with E-state index in [0.717, 1.165) is 14.8 Å². The zero-order valence-electron chi connectivity index (χ0n) is 10.6. The SMILES string of the molecule is CN(Cc1ccccc1)C(=O)Nc1ccccc1I. The van der Waals surface area contributed by atoms with Gasteiger partial charge in [0, 0.05) is 17.2 Å². The van der Waals surface area contributed by atoms with Crippen LogP contribution in [0.5, 0.6) is 0 Å². The molecule has 0 bridgehead atoms. The maximum atomic E-state index is 12.1. The number of hydrogen-bond donors (Lipinski definition) is 1. The molecule has 0 heterocycles. The first-order valence-corrected chi connectivity index (χ1v) is 7.05. The summed E-state index contributed by atoms with van der Waals surface area (Å²) >= 11 is 2.21. The van der Waals surface area contributed by atoms with Crippen LogP contribution >= 0.6 is 22.6 Å². The van der Waals surface area contributed by atoms with Gasteiger partial charge >= 0.3 is 6.03 Å². The predicted octanol–water partition coefficient (Wildman–Crippen LogP) is 3.96. The molecule has 1 N–H and O–H groups in total. The third-order valence-electron chi connectivity index (χ3n) is 2.72. The monoisotopic (exact) mass is 366 g/mol. The van der Waals surface area contributed by atoms with Crippen LogP contribution in [0.25, 0.3) is 0 Å². The average molecular weight is 366 g/mol. The second kappa shape index (κ2) is 6.56. The molecule has 2 aromatic carbocycles. The van der Waals surface area contributed by atoms with Crippen molar-refractivity contribution >= 4 is 34.3 Å². The Labute approximate surface area is 126 Å². The minimum atomic E-state index is -0.104. The van der Waals surface area contributed by atoms with Crippen molar-refractivity contribution in [3.8, 4) is 0 Å². The Bertz CT molecular complexity index is 557. The molecule has 0 radical (unpaired) electrons. The number of nitrogens with one attached hydrogen (secondary N) is 1. The van der Waals surface area contributed by atoms with E-state index in [4.69, 9.17) is 0 Å². The van der Waals surface area contributed by atoms with Gasteiger partial charge in [0.25, 0.3) is 0 Å². The number of hydrogen-bond acceptors (Lipinski definition) is 1. The van der Waals surface area contributed by atoms with Crippen LogP contribution in [0.4, 0.5) is 10.5 Å². The molecular formula is C15H15IN2O. The molecule has 4 heteroatoms. The van der Waals surface area contributed by atoms with Crippen molar-refractivity contribution in [1.82, 2.24) is 4.90 Å². The summed E-state index contributed by atoms with van der Waals surface area (Å²) in [5, 5.41) is 2.91. The quantitative estimate of drug-likeness (QED) is 0.820. The molecule has 2 aromatic rings. The third kappa shape index (κ3) is 3.96. The highest BCUT2D eigenvalue weighted by molar-refractivity contribution is 14.1. The molecule has 0 unspecified atom stereocenters. The molecule has 0 saturated carbocycles. The second-order valence-electron chi connectivity index (χ2n) is 4.25. The zero-order valence-corrected chi connectivity index (χ0v) is 12.8. The van der Waals surface area contributed by atoms with E-state index in [1.54, 1.807) is 11.9 Å². The number of para-hydroxylation sites is 1. The molecule has 3 nitrogen and oxygen atoms in total. The van der Waals surface area contributed by atoms with Crippen molar-refractivity contribution in [2.45, 2.75) is 6.54 Å². The molecule has 0 aliphatic rings. The van der Waals surface area contributed by atoms with Crippen LogP contribution in [0.15, 0.2) is 54.6 Å². The Morgan fingerprint density at radius 3 is 2.42 bits per heavy atom. The number of halogens is 1. The minimum absolute atomic E-state index is 0.104. The molecule has 2 amide bonds. The fourth-order valence-corrected chi connectivity index (χ4v) is 2.22. The van der Waals surface area contributed by atoms with Gasteiger partial charge in [-0.05, 0) is 40.3 Å². The lowest BCUT2D eigenvalue weighted by Gasteiger charge is -2.18. The van der Waals surface area contributed by atoms with Crippen molar-refractivity contribution in [1.29, 1.82) is 0 Å². The zero-order chi connectivity index (χ0) is 13.7. The maximum Gasteiger partial charge on any atom is 0.321 e. The van der Waals surface area contributed by atoms with Gasteiger partial charge < -0.3 is 10.2 Å². The van der Waals surface area contributed by atoms with Crippen molar-refractivity contribution in [2.24, 2.45) is 0 Å². The summed E-state index contributed by atoms with van der Waals surface area (Å²) in [6.45, 7) is 0.593. The van der Waals surface area contributed by atoms with Gasteiger partial charge in [0.15, 0.2) is 0 Å². The van der Waals surface area contributed by atoms with Crippen LogP contribution in [-0.2, 0) is 6.54 Å². The van der Waals surface area contributed by atoms with Crippen molar-refractivity contribution in [3.05, 3.63) is 63.7 Å². The van der Waals surface area contributed by atoms with Gasteiger partial charge in [0.1, 0.15) is 0 Å². The van der Waals surface area contributed by atoms with E-state index in [1.807, 2.05) is 54.6 Å². The summed E-state index contributed by atoms with van der Waals surface area (Å²) in [6.07, 6.45) is 0. The number of carbonyl (C=O) groups is 1. The van der Waals surface area contributed by atoms with Crippen LogP contribution in [0.3, 0.4) is 0 Å². The maximum absolute atomic E-state index is 12.1. The molecule has 0 aromatic heterocycles. The normalized spacial score (nSPS) is 10.0. The Balaban J connectivity index is 1.99. The Kier molecular flexibility index (Phi) is 4.79. The number of carbonyl (C=O) groups excluding carboxylic acids is 1. The van der Waals surface area contributed by atoms with E-state index in [2.05, 4.69) is 27.9 Å². The summed E-state index contributed by atoms with van der Waals surface area (Å²) < 4.78 is 1.03. The summed E-state index contributed by atoms with van der Waals surface area (Å²) in [6, 6.07) is 17.6. The van der Waals surface area contributed by atoms with E-state index in [-0.39, 0.29) is 6.03 Å². The molecule has 0 aliphatic heterocycles. The number of benzene rings is 2. The van der Waals surface area contributed by atoms with Gasteiger partial charge in [-0.1, -0.05) is 42.5 Å².